The van der Waals surface area contributed by atoms with Crippen LogP contribution < -0.4 is 16.2 Å². The average molecular weight is 393 g/mol. The number of nitrogens with one attached hydrogen (secondary N) is 2. The number of aliphatic hydroxyl groups excluding tert-OH is 1. The lowest BCUT2D eigenvalue weighted by atomic mass is 9.86. The van der Waals surface area contributed by atoms with Crippen molar-refractivity contribution in [2.24, 2.45) is 11.8 Å². The van der Waals surface area contributed by atoms with Crippen LogP contribution in [0.1, 0.15) is 29.8 Å². The van der Waals surface area contributed by atoms with Crippen molar-refractivity contribution in [2.45, 2.75) is 32.0 Å². The minimum Gasteiger partial charge on any atom is -0.396 e. The Balaban J connectivity index is 1.55. The Hall–Kier alpha value is -2.70. The van der Waals surface area contributed by atoms with Crippen molar-refractivity contribution < 1.29 is 9.90 Å². The number of aliphatic hydroxyl groups is 1. The molecule has 2 aliphatic rings. The number of carbonyl (C=O) groups excluding carboxylic acids is 1. The number of nitrogens with zero attached hydrogens (tertiary/aromatic N) is 1. The molecule has 2 aliphatic heterocycles. The third kappa shape index (κ3) is 3.66. The average Bonchev–Trinajstić information content (AvgIpc) is 3.04. The van der Waals surface area contributed by atoms with Gasteiger partial charge in [0.1, 0.15) is 0 Å². The van der Waals surface area contributed by atoms with E-state index in [0.29, 0.717) is 18.7 Å². The summed E-state index contributed by atoms with van der Waals surface area (Å²) in [6, 6.07) is 13.4. The lowest BCUT2D eigenvalue weighted by Crippen LogP contribution is -2.43. The van der Waals surface area contributed by atoms with Gasteiger partial charge in [-0.25, -0.2) is 0 Å². The summed E-state index contributed by atoms with van der Waals surface area (Å²) in [5.41, 5.74) is 2.59. The van der Waals surface area contributed by atoms with E-state index in [-0.39, 0.29) is 36.1 Å². The Morgan fingerprint density at radius 3 is 2.79 bits per heavy atom. The molecular formula is C23H27N3O3. The second-order valence-electron chi connectivity index (χ2n) is 7.78. The first-order chi connectivity index (χ1) is 14.1. The van der Waals surface area contributed by atoms with Gasteiger partial charge >= 0.3 is 0 Å². The highest BCUT2D eigenvalue weighted by molar-refractivity contribution is 5.80. The van der Waals surface area contributed by atoms with Gasteiger partial charge < -0.3 is 20.3 Å². The summed E-state index contributed by atoms with van der Waals surface area (Å²) in [6.07, 6.45) is 4.41. The van der Waals surface area contributed by atoms with E-state index in [1.807, 2.05) is 55.5 Å². The van der Waals surface area contributed by atoms with Gasteiger partial charge in [-0.15, -0.1) is 0 Å². The molecule has 1 saturated heterocycles. The van der Waals surface area contributed by atoms with Crippen molar-refractivity contribution in [1.82, 2.24) is 15.2 Å². The van der Waals surface area contributed by atoms with Crippen molar-refractivity contribution in [3.8, 4) is 0 Å². The molecule has 3 N–H and O–H groups in total. The number of carbonyl (C=O) groups is 1. The minimum absolute atomic E-state index is 0.0427. The number of pyridine rings is 1. The first-order valence-corrected chi connectivity index (χ1v) is 10.2. The van der Waals surface area contributed by atoms with Crippen molar-refractivity contribution in [3.63, 3.8) is 0 Å². The second-order valence-corrected chi connectivity index (χ2v) is 7.78. The normalized spacial score (nSPS) is 25.2. The van der Waals surface area contributed by atoms with Crippen LogP contribution in [0.2, 0.25) is 0 Å². The molecule has 1 aromatic heterocycles. The highest BCUT2D eigenvalue weighted by Crippen LogP contribution is 2.40. The topological polar surface area (TPSA) is 83.4 Å². The summed E-state index contributed by atoms with van der Waals surface area (Å²) >= 11 is 0. The van der Waals surface area contributed by atoms with Gasteiger partial charge in [-0.3, -0.25) is 9.59 Å². The van der Waals surface area contributed by atoms with Crippen LogP contribution in [-0.4, -0.2) is 34.8 Å². The summed E-state index contributed by atoms with van der Waals surface area (Å²) in [5, 5.41) is 16.5. The number of benzene rings is 1. The molecule has 4 rings (SSSR count). The molecule has 0 unspecified atom stereocenters. The van der Waals surface area contributed by atoms with E-state index in [2.05, 4.69) is 10.6 Å². The van der Waals surface area contributed by atoms with Crippen LogP contribution in [0.5, 0.6) is 0 Å². The molecule has 1 fully saturated rings. The highest BCUT2D eigenvalue weighted by Gasteiger charge is 2.50. The van der Waals surface area contributed by atoms with E-state index in [4.69, 9.17) is 0 Å². The summed E-state index contributed by atoms with van der Waals surface area (Å²) < 4.78 is 1.76. The molecular weight excluding hydrogens is 366 g/mol. The van der Waals surface area contributed by atoms with E-state index in [9.17, 15) is 14.7 Å². The van der Waals surface area contributed by atoms with Gasteiger partial charge in [-0.2, -0.15) is 0 Å². The number of hydrogen-bond acceptors (Lipinski definition) is 4. The zero-order chi connectivity index (χ0) is 20.4. The van der Waals surface area contributed by atoms with Gasteiger partial charge in [-0.05, 0) is 31.0 Å². The van der Waals surface area contributed by atoms with Crippen LogP contribution in [0.3, 0.4) is 0 Å². The summed E-state index contributed by atoms with van der Waals surface area (Å²) in [7, 11) is 0. The zero-order valence-electron chi connectivity index (χ0n) is 16.5. The fraction of sp³-hybridized carbons (Fsp3) is 0.391. The van der Waals surface area contributed by atoms with Gasteiger partial charge in [0.25, 0.3) is 5.56 Å². The summed E-state index contributed by atoms with van der Waals surface area (Å²) in [4.78, 5) is 25.9. The second kappa shape index (κ2) is 8.35. The van der Waals surface area contributed by atoms with Crippen LogP contribution in [-0.2, 0) is 17.8 Å². The van der Waals surface area contributed by atoms with Crippen LogP contribution in [0.4, 0.5) is 0 Å². The molecule has 2 aromatic rings. The number of aromatic nitrogens is 1. The Kier molecular flexibility index (Phi) is 5.65. The highest BCUT2D eigenvalue weighted by atomic mass is 16.3. The fourth-order valence-electron chi connectivity index (χ4n) is 4.66. The van der Waals surface area contributed by atoms with Crippen LogP contribution >= 0.6 is 0 Å². The maximum atomic E-state index is 13.1. The van der Waals surface area contributed by atoms with Gasteiger partial charge in [0.2, 0.25) is 5.91 Å². The number of allylic oxidation sites excluding steroid dienone is 1. The Labute approximate surface area is 170 Å². The minimum atomic E-state index is -0.401. The van der Waals surface area contributed by atoms with E-state index in [0.717, 1.165) is 12.1 Å². The van der Waals surface area contributed by atoms with Gasteiger partial charge in [0.05, 0.1) is 12.0 Å². The van der Waals surface area contributed by atoms with Crippen molar-refractivity contribution in [3.05, 3.63) is 75.7 Å². The predicted molar refractivity (Wildman–Crippen MR) is 112 cm³/mol. The lowest BCUT2D eigenvalue weighted by molar-refractivity contribution is -0.127. The number of amides is 1. The van der Waals surface area contributed by atoms with E-state index in [1.165, 1.54) is 5.56 Å². The molecule has 0 aliphatic carbocycles. The number of hydrogen-bond donors (Lipinski definition) is 3. The number of fused-ring (bicyclic) bond motifs is 4. The molecule has 6 heteroatoms. The first-order valence-electron chi connectivity index (χ1n) is 10.2. The molecule has 152 valence electrons. The zero-order valence-corrected chi connectivity index (χ0v) is 16.5. The third-order valence-corrected chi connectivity index (χ3v) is 6.08. The van der Waals surface area contributed by atoms with E-state index >= 15 is 0 Å². The molecule has 3 heterocycles. The summed E-state index contributed by atoms with van der Waals surface area (Å²) in [6.45, 7) is 2.80. The molecule has 1 amide bonds. The molecule has 0 radical (unpaired) electrons. The molecule has 2 bridgehead atoms. The van der Waals surface area contributed by atoms with Gasteiger partial charge in [-0.1, -0.05) is 42.5 Å². The van der Waals surface area contributed by atoms with Crippen LogP contribution in [0.15, 0.2) is 53.3 Å². The number of rotatable bonds is 6. The SMILES string of the molecule is C/C=C/c1ccc2n(c1=O)C[C@@H]1N[C@H]2[C@H](C(=O)NCCc2ccccc2)[C@H]1CO. The van der Waals surface area contributed by atoms with E-state index < -0.39 is 5.92 Å². The largest absolute Gasteiger partial charge is 0.396 e. The molecule has 29 heavy (non-hydrogen) atoms. The van der Waals surface area contributed by atoms with Crippen molar-refractivity contribution in [2.75, 3.05) is 13.2 Å². The standard InChI is InChI=1S/C23H27N3O3/c1-2-6-16-9-10-19-21-20(17(14-27)18(25-21)13-26(19)23(16)29)22(28)24-12-11-15-7-4-3-5-8-15/h2-10,17-18,20-21,25,27H,11-14H2,1H3,(H,24,28)/b6-2+/t17-,18-,20+,21+/m0/s1. The monoisotopic (exact) mass is 393 g/mol. The van der Waals surface area contributed by atoms with Gasteiger partial charge in [0, 0.05) is 42.9 Å². The molecule has 4 atom stereocenters. The van der Waals surface area contributed by atoms with E-state index in [1.54, 1.807) is 10.6 Å². The molecule has 6 nitrogen and oxygen atoms in total. The molecule has 1 aromatic carbocycles. The van der Waals surface area contributed by atoms with Crippen molar-refractivity contribution in [1.29, 1.82) is 0 Å². The molecule has 0 spiro atoms. The maximum absolute atomic E-state index is 13.1. The fourth-order valence-corrected chi connectivity index (χ4v) is 4.66. The van der Waals surface area contributed by atoms with Crippen LogP contribution in [0.25, 0.3) is 6.08 Å². The van der Waals surface area contributed by atoms with Crippen molar-refractivity contribution >= 4 is 12.0 Å². The first kappa shape index (κ1) is 19.6. The van der Waals surface area contributed by atoms with Crippen LogP contribution in [0, 0.1) is 11.8 Å². The predicted octanol–water partition coefficient (Wildman–Crippen LogP) is 1.49. The Morgan fingerprint density at radius 1 is 1.28 bits per heavy atom. The maximum Gasteiger partial charge on any atom is 0.258 e. The quantitative estimate of drug-likeness (QED) is 0.694. The molecule has 0 saturated carbocycles. The Bertz CT molecular complexity index is 967. The smallest absolute Gasteiger partial charge is 0.258 e. The Morgan fingerprint density at radius 2 is 2.07 bits per heavy atom. The third-order valence-electron chi connectivity index (χ3n) is 6.08. The summed E-state index contributed by atoms with van der Waals surface area (Å²) in [5.74, 6) is -0.693. The lowest BCUT2D eigenvalue weighted by Gasteiger charge is -2.28. The van der Waals surface area contributed by atoms with Gasteiger partial charge in [0.15, 0.2) is 0 Å².